The first-order chi connectivity index (χ1) is 36.1. The molecule has 0 bridgehead atoms. The van der Waals surface area contributed by atoms with Crippen molar-refractivity contribution in [2.75, 3.05) is 152 Å². The molecule has 13 nitrogen and oxygen atoms in total. The molecule has 0 aliphatic rings. The van der Waals surface area contributed by atoms with E-state index >= 15 is 0 Å². The molecule has 0 fully saturated rings. The van der Waals surface area contributed by atoms with Gasteiger partial charge in [0.25, 0.3) is 0 Å². The van der Waals surface area contributed by atoms with Crippen LogP contribution in [0.4, 0.5) is 0 Å². The smallest absolute Gasteiger partial charge is 0.0619 e. The van der Waals surface area contributed by atoms with Gasteiger partial charge in [0.1, 0.15) is 0 Å². The SMILES string of the molecule is C.CCC#CCN(C)CC#CCN.CCC#CCN(CC#CCN)CC#CCN.CCC#CCN(CC#CCN)Cc1ccccc1.CCC#CCNCC#CCN.CN(CC#CCN)CCCN(C)CC#CCN. The Bertz CT molecular complexity index is 2050. The Labute approximate surface area is 460 Å². The molecule has 0 saturated carbocycles. The van der Waals surface area contributed by atoms with Crippen LogP contribution in [0.1, 0.15) is 72.8 Å². The van der Waals surface area contributed by atoms with E-state index in [0.29, 0.717) is 85.1 Å². The highest BCUT2D eigenvalue weighted by molar-refractivity contribution is 5.16. The maximum Gasteiger partial charge on any atom is 0.0619 e. The Balaban J connectivity index is -0.000000275. The summed E-state index contributed by atoms with van der Waals surface area (Å²) in [5.74, 6) is 65.0. The van der Waals surface area contributed by atoms with Gasteiger partial charge in [-0.05, 0) is 46.2 Å². The molecule has 0 aliphatic heterocycles. The van der Waals surface area contributed by atoms with Crippen LogP contribution in [0.3, 0.4) is 0 Å². The number of hydrogen-bond donors (Lipinski definition) is 8. The molecule has 0 heterocycles. The normalized spacial score (nSPS) is 8.63. The van der Waals surface area contributed by atoms with E-state index in [1.54, 1.807) is 0 Å². The van der Waals surface area contributed by atoms with Crippen LogP contribution in [0.25, 0.3) is 0 Å². The topological polar surface area (TPSA) is 210 Å². The van der Waals surface area contributed by atoms with Gasteiger partial charge in [0.15, 0.2) is 0 Å². The molecule has 0 aliphatic carbocycles. The summed E-state index contributed by atoms with van der Waals surface area (Å²) >= 11 is 0. The molecular formula is C62H97N13. The van der Waals surface area contributed by atoms with Crippen molar-refractivity contribution in [3.63, 3.8) is 0 Å². The first kappa shape index (κ1) is 77.8. The average Bonchev–Trinajstić information content (AvgIpc) is 3.40. The van der Waals surface area contributed by atoms with E-state index in [-0.39, 0.29) is 7.43 Å². The van der Waals surface area contributed by atoms with Gasteiger partial charge in [0.05, 0.1) is 118 Å². The van der Waals surface area contributed by atoms with Crippen molar-refractivity contribution in [2.24, 2.45) is 40.1 Å². The van der Waals surface area contributed by atoms with Crippen LogP contribution in [0, 0.1) is 130 Å². The summed E-state index contributed by atoms with van der Waals surface area (Å²) in [6, 6.07) is 10.4. The van der Waals surface area contributed by atoms with Gasteiger partial charge >= 0.3 is 0 Å². The largest absolute Gasteiger partial charge is 0.320 e. The fourth-order valence-electron chi connectivity index (χ4n) is 4.92. The molecule has 0 atom stereocenters. The van der Waals surface area contributed by atoms with Crippen molar-refractivity contribution in [1.82, 2.24) is 29.8 Å². The summed E-state index contributed by atoms with van der Waals surface area (Å²) in [5.41, 5.74) is 38.2. The highest BCUT2D eigenvalue weighted by Gasteiger charge is 2.03. The molecule has 1 aromatic carbocycles. The van der Waals surface area contributed by atoms with Crippen LogP contribution >= 0.6 is 0 Å². The summed E-state index contributed by atoms with van der Waals surface area (Å²) < 4.78 is 0. The summed E-state index contributed by atoms with van der Waals surface area (Å²) in [6.45, 7) is 22.0. The molecule has 0 radical (unpaired) electrons. The third kappa shape index (κ3) is 70.0. The van der Waals surface area contributed by atoms with Gasteiger partial charge in [-0.3, -0.25) is 29.8 Å². The first-order valence-electron chi connectivity index (χ1n) is 25.3. The van der Waals surface area contributed by atoms with Crippen LogP contribution < -0.4 is 45.5 Å². The molecule has 410 valence electrons. The lowest BCUT2D eigenvalue weighted by molar-refractivity contribution is 0.312. The third-order valence-corrected chi connectivity index (χ3v) is 8.46. The summed E-state index contributed by atoms with van der Waals surface area (Å²) in [4.78, 5) is 10.7. The fourth-order valence-corrected chi connectivity index (χ4v) is 4.92. The Morgan fingerprint density at radius 3 is 0.987 bits per heavy atom. The van der Waals surface area contributed by atoms with Gasteiger partial charge in [-0.2, -0.15) is 0 Å². The highest BCUT2D eigenvalue weighted by Crippen LogP contribution is 2.03. The molecule has 1 rings (SSSR count). The Hall–Kier alpha value is -6.14. The number of rotatable bonds is 17. The Morgan fingerprint density at radius 1 is 0.347 bits per heavy atom. The minimum absolute atomic E-state index is 0. The molecule has 0 unspecified atom stereocenters. The number of hydrogen-bond acceptors (Lipinski definition) is 13. The number of benzene rings is 1. The van der Waals surface area contributed by atoms with Gasteiger partial charge in [-0.15, -0.1) is 23.7 Å². The van der Waals surface area contributed by atoms with E-state index in [1.165, 1.54) is 5.56 Å². The lowest BCUT2D eigenvalue weighted by atomic mass is 10.2. The molecule has 0 saturated heterocycles. The van der Waals surface area contributed by atoms with Crippen molar-refractivity contribution in [3.8, 4) is 130 Å². The molecule has 15 N–H and O–H groups in total. The summed E-state index contributed by atoms with van der Waals surface area (Å²) in [6.07, 6.45) is 4.71. The average molecular weight is 1020 g/mol. The number of nitrogens with two attached hydrogens (primary N) is 7. The van der Waals surface area contributed by atoms with E-state index in [4.69, 9.17) is 40.1 Å². The maximum atomic E-state index is 5.37. The quantitative estimate of drug-likeness (QED) is 0.0824. The molecule has 0 amide bonds. The number of nitrogens with one attached hydrogen (secondary N) is 1. The highest BCUT2D eigenvalue weighted by atomic mass is 15.1. The fraction of sp³-hybridized carbons (Fsp3) is 0.548. The van der Waals surface area contributed by atoms with Crippen LogP contribution in [-0.4, -0.2) is 177 Å². The first-order valence-corrected chi connectivity index (χ1v) is 25.3. The molecular weight excluding hydrogens is 927 g/mol. The Kier molecular flexibility index (Phi) is 72.5. The zero-order valence-corrected chi connectivity index (χ0v) is 46.5. The lowest BCUT2D eigenvalue weighted by Crippen LogP contribution is -2.26. The molecule has 75 heavy (non-hydrogen) atoms. The van der Waals surface area contributed by atoms with E-state index in [1.807, 2.05) is 33.9 Å². The van der Waals surface area contributed by atoms with Crippen LogP contribution in [0.2, 0.25) is 0 Å². The van der Waals surface area contributed by atoms with Gasteiger partial charge in [0.2, 0.25) is 0 Å². The van der Waals surface area contributed by atoms with Gasteiger partial charge in [-0.1, -0.05) is 172 Å². The molecule has 1 aromatic rings. The predicted octanol–water partition coefficient (Wildman–Crippen LogP) is 1.54. The van der Waals surface area contributed by atoms with Crippen molar-refractivity contribution in [1.29, 1.82) is 0 Å². The zero-order chi connectivity index (χ0) is 55.6. The van der Waals surface area contributed by atoms with Gasteiger partial charge in [0, 0.05) is 32.2 Å². The second-order valence-corrected chi connectivity index (χ2v) is 15.1. The molecule has 0 aromatic heterocycles. The minimum atomic E-state index is 0. The zero-order valence-electron chi connectivity index (χ0n) is 46.5. The van der Waals surface area contributed by atoms with E-state index in [0.717, 1.165) is 84.5 Å². The second kappa shape index (κ2) is 69.9. The standard InChI is InChI=1S/C16H20N2.C13H24N4.C13H19N3.C10H16N2.C9H14N2.CH4/c1-2-3-8-13-18(14-9-7-12-17)15-16-10-5-4-6-11-16;1-16(10-5-3-8-14)12-7-13-17(2)11-6-4-9-15;1-2-3-6-11-16(12-7-4-9-14)13-8-5-10-15;1-3-4-6-9-12(2)10-7-5-8-11;1-2-3-5-8-11-9-6-4-7-10;/h4-6,10-11H,2,12-15,17H2,1H3;7-15H2,1-2H3;2,9-15H2,1H3;3,8-11H2,1-2H3;11H,2,7-10H2,1H3;1H4. The van der Waals surface area contributed by atoms with Crippen molar-refractivity contribution in [3.05, 3.63) is 35.9 Å². The predicted molar refractivity (Wildman–Crippen MR) is 325 cm³/mol. The molecule has 0 spiro atoms. The van der Waals surface area contributed by atoms with Gasteiger partial charge in [-0.25, -0.2) is 0 Å². The van der Waals surface area contributed by atoms with Crippen LogP contribution in [0.15, 0.2) is 30.3 Å². The third-order valence-electron chi connectivity index (χ3n) is 8.46. The van der Waals surface area contributed by atoms with Crippen LogP contribution in [-0.2, 0) is 6.54 Å². The summed E-state index contributed by atoms with van der Waals surface area (Å²) in [5, 5.41) is 3.05. The monoisotopic (exact) mass is 1020 g/mol. The van der Waals surface area contributed by atoms with Crippen molar-refractivity contribution in [2.45, 2.75) is 73.8 Å². The summed E-state index contributed by atoms with van der Waals surface area (Å²) in [7, 11) is 6.13. The van der Waals surface area contributed by atoms with Crippen LogP contribution in [0.5, 0.6) is 0 Å². The van der Waals surface area contributed by atoms with Gasteiger partial charge < -0.3 is 40.1 Å². The Morgan fingerprint density at radius 2 is 0.627 bits per heavy atom. The van der Waals surface area contributed by atoms with Crippen molar-refractivity contribution < 1.29 is 0 Å². The van der Waals surface area contributed by atoms with E-state index < -0.39 is 0 Å². The molecule has 13 heteroatoms. The van der Waals surface area contributed by atoms with E-state index in [2.05, 4.69) is 205 Å². The lowest BCUT2D eigenvalue weighted by Gasteiger charge is -2.16. The second-order valence-electron chi connectivity index (χ2n) is 15.1. The number of nitrogens with zero attached hydrogens (tertiary/aromatic N) is 5. The van der Waals surface area contributed by atoms with Crippen molar-refractivity contribution >= 4 is 0 Å². The minimum Gasteiger partial charge on any atom is -0.320 e. The maximum absolute atomic E-state index is 5.37. The van der Waals surface area contributed by atoms with E-state index in [9.17, 15) is 0 Å².